The molecule has 0 aromatic carbocycles. The van der Waals surface area contributed by atoms with Gasteiger partial charge >= 0.3 is 3.92 Å². The molecule has 0 aliphatic rings. The van der Waals surface area contributed by atoms with Gasteiger partial charge in [-0.15, -0.1) is 0 Å². The maximum Gasteiger partial charge on any atom is 0.449 e. The number of nitriles is 3. The Morgan fingerprint density at radius 2 is 1.03 bits per heavy atom. The molecule has 0 N–H and O–H groups in total. The first-order valence-corrected chi connectivity index (χ1v) is 10.2. The highest BCUT2D eigenvalue weighted by molar-refractivity contribution is 7.93. The van der Waals surface area contributed by atoms with Crippen LogP contribution in [0.5, 0.6) is 0 Å². The average Bonchev–Trinajstić information content (AvgIpc) is 2.54. The molecule has 30 heavy (non-hydrogen) atoms. The highest BCUT2D eigenvalue weighted by atomic mass is 35.6. The first kappa shape index (κ1) is 48.1. The van der Waals surface area contributed by atoms with Gasteiger partial charge in [0.15, 0.2) is 16.4 Å². The van der Waals surface area contributed by atoms with E-state index in [0.29, 0.717) is 0 Å². The molecule has 0 rings (SSSR count). The van der Waals surface area contributed by atoms with Crippen molar-refractivity contribution in [3.05, 3.63) is 22.8 Å². The third-order valence-corrected chi connectivity index (χ3v) is 0.762. The molecule has 0 bridgehead atoms. The van der Waals surface area contributed by atoms with Crippen LogP contribution in [0.3, 0.4) is 0 Å². The van der Waals surface area contributed by atoms with E-state index >= 15 is 0 Å². The minimum Gasteiger partial charge on any atom is -0.260 e. The Kier molecular flexibility index (Phi) is 64.0. The van der Waals surface area contributed by atoms with Gasteiger partial charge in [0.2, 0.25) is 5.23 Å². The van der Waals surface area contributed by atoms with Crippen LogP contribution < -0.4 is 0 Å². The fourth-order valence-corrected chi connectivity index (χ4v) is 0. The van der Waals surface area contributed by atoms with Crippen LogP contribution in [-0.4, -0.2) is 25.9 Å². The fraction of sp³-hybridized carbons (Fsp3) is 0.300. The van der Waals surface area contributed by atoms with E-state index < -0.39 is 16.4 Å². The first-order chi connectivity index (χ1) is 13.3. The Hall–Kier alpha value is 0.530. The second-order valence-corrected chi connectivity index (χ2v) is 10.6. The molecule has 0 saturated carbocycles. The Labute approximate surface area is 237 Å². The van der Waals surface area contributed by atoms with Crippen LogP contribution in [0.2, 0.25) is 0 Å². The highest BCUT2D eigenvalue weighted by Crippen LogP contribution is 2.29. The van der Waals surface area contributed by atoms with Gasteiger partial charge in [-0.25, -0.2) is 4.79 Å². The summed E-state index contributed by atoms with van der Waals surface area (Å²) in [5.41, 5.74) is 0. The van der Waals surface area contributed by atoms with Crippen LogP contribution in [-0.2, 0) is 4.79 Å². The number of hydrogen-bond acceptors (Lipinski definition) is 9. The summed E-state index contributed by atoms with van der Waals surface area (Å²) >= 11 is 59.3. The topological polar surface area (TPSA) is 132 Å². The minimum absolute atomic E-state index is 0.750. The van der Waals surface area contributed by atoms with E-state index in [0.717, 1.165) is 5.23 Å². The van der Waals surface area contributed by atoms with Crippen LogP contribution in [0.15, 0.2) is 12.7 Å². The van der Waals surface area contributed by atoms with E-state index in [1.165, 1.54) is 18.2 Å². The van der Waals surface area contributed by atoms with Gasteiger partial charge in [-0.1, -0.05) is 87.8 Å². The molecule has 0 aromatic heterocycles. The Bertz CT molecular complexity index is 576. The van der Waals surface area contributed by atoms with Crippen LogP contribution in [0.25, 0.3) is 0 Å². The number of alkyl halides is 10. The average molecular weight is 679 g/mol. The number of halogens is 10. The molecule has 7 nitrogen and oxygen atoms in total. The summed E-state index contributed by atoms with van der Waals surface area (Å²) in [6, 6.07) is 4.17. The largest absolute Gasteiger partial charge is 0.449 e. The summed E-state index contributed by atoms with van der Waals surface area (Å²) in [5, 5.41) is 32.5. The molecule has 0 amide bonds. The van der Waals surface area contributed by atoms with Gasteiger partial charge in [0.1, 0.15) is 0 Å². The lowest BCUT2D eigenvalue weighted by Gasteiger charge is -1.96. The van der Waals surface area contributed by atoms with Gasteiger partial charge < -0.3 is 0 Å². The number of hydrogen-bond donors (Lipinski definition) is 0. The first-order valence-electron chi connectivity index (χ1n) is 5.00. The van der Waals surface area contributed by atoms with E-state index in [1.807, 2.05) is 4.31 Å². The number of rotatable bonds is 0. The zero-order chi connectivity index (χ0) is 26.4. The van der Waals surface area contributed by atoms with Crippen molar-refractivity contribution in [2.24, 2.45) is 0 Å². The van der Waals surface area contributed by atoms with Gasteiger partial charge in [-0.3, -0.25) is 10.1 Å². The van der Waals surface area contributed by atoms with Gasteiger partial charge in [0.05, 0.1) is 11.0 Å². The lowest BCUT2D eigenvalue weighted by Crippen LogP contribution is -2.15. The van der Waals surface area contributed by atoms with E-state index in [1.54, 1.807) is 6.07 Å². The predicted octanol–water partition coefficient (Wildman–Crippen LogP) is 8.13. The molecule has 0 atom stereocenters. The highest BCUT2D eigenvalue weighted by Gasteiger charge is 2.33. The van der Waals surface area contributed by atoms with Gasteiger partial charge in [-0.2, -0.15) is 15.8 Å². The maximum atomic E-state index is 9.43. The molecule has 20 heteroatoms. The number of nitro groups is 1. The number of carbonyl (C=O) groups excluding carboxylic acids is 1. The van der Waals surface area contributed by atoms with Crippen molar-refractivity contribution < 1.29 is 9.72 Å². The summed E-state index contributed by atoms with van der Waals surface area (Å²) in [6.07, 6.45) is 1.18. The molecule has 170 valence electrons. The summed E-state index contributed by atoms with van der Waals surface area (Å²) < 4.78 is -2.81. The van der Waals surface area contributed by atoms with Crippen LogP contribution in [0, 0.1) is 44.1 Å². The number of allylic oxidation sites excluding steroid dienone is 1. The van der Waals surface area contributed by atoms with E-state index in [-0.39, 0.29) is 0 Å². The van der Waals surface area contributed by atoms with Gasteiger partial charge in [0, 0.05) is 22.6 Å². The summed E-state index contributed by atoms with van der Waals surface area (Å²) in [7, 11) is 0. The standard InChI is InChI=1S/C3H3N.C2N2.CCl4.CCl3NO2.CHCl3.COS.CS2/c1-2-3-4;3-1-2-4;2-1(3,4)5;2-1(3,4)5(6)7;2-1(3)4;2*2-1-3/h2H,1H2;;;;1H;;. The third-order valence-electron chi connectivity index (χ3n) is 0.348. The molecule has 0 heterocycles. The zero-order valence-electron chi connectivity index (χ0n) is 13.4. The lowest BCUT2D eigenvalue weighted by molar-refractivity contribution is -0.491. The summed E-state index contributed by atoms with van der Waals surface area (Å²) in [4.78, 5) is 16.9. The molecular weight excluding hydrogens is 675 g/mol. The molecule has 0 aliphatic carbocycles. The van der Waals surface area contributed by atoms with Gasteiger partial charge in [-0.05, 0) is 59.2 Å². The van der Waals surface area contributed by atoms with Crippen molar-refractivity contribution in [3.63, 3.8) is 0 Å². The quantitative estimate of drug-likeness (QED) is 0.0622. The molecular formula is C10H4Cl10N4O3S3. The van der Waals surface area contributed by atoms with Crippen molar-refractivity contribution in [3.8, 4) is 18.2 Å². The van der Waals surface area contributed by atoms with Crippen molar-refractivity contribution >= 4 is 162 Å². The van der Waals surface area contributed by atoms with E-state index in [4.69, 9.17) is 137 Å². The fourth-order valence-electron chi connectivity index (χ4n) is 0. The molecule has 0 spiro atoms. The number of nitrogens with zero attached hydrogens (tertiary/aromatic N) is 4. The van der Waals surface area contributed by atoms with E-state index in [2.05, 4.69) is 43.2 Å². The second-order valence-electron chi connectivity index (χ2n) is 2.12. The maximum absolute atomic E-state index is 9.43. The van der Waals surface area contributed by atoms with Crippen molar-refractivity contribution in [2.75, 3.05) is 0 Å². The van der Waals surface area contributed by atoms with Crippen LogP contribution in [0.4, 0.5) is 0 Å². The lowest BCUT2D eigenvalue weighted by atomic mass is 10.8. The van der Waals surface area contributed by atoms with Crippen molar-refractivity contribution in [2.45, 2.75) is 11.5 Å². The summed E-state index contributed by atoms with van der Waals surface area (Å²) in [5.74, 6) is 0. The zero-order valence-corrected chi connectivity index (χ0v) is 23.4. The Balaban J connectivity index is -0.0000000421. The Morgan fingerprint density at radius 1 is 0.933 bits per heavy atom. The van der Waals surface area contributed by atoms with Gasteiger partial charge in [0.25, 0.3) is 3.25 Å². The number of thiocarbonyl (C=S) groups is 3. The predicted molar refractivity (Wildman–Crippen MR) is 135 cm³/mol. The van der Waals surface area contributed by atoms with Crippen LogP contribution in [0.1, 0.15) is 0 Å². The molecule has 0 unspecified atom stereocenters. The van der Waals surface area contributed by atoms with E-state index in [9.17, 15) is 10.1 Å². The molecule has 0 saturated heterocycles. The van der Waals surface area contributed by atoms with Crippen molar-refractivity contribution in [1.82, 2.24) is 0 Å². The second kappa shape index (κ2) is 39.9. The monoisotopic (exact) mass is 674 g/mol. The molecule has 0 aromatic rings. The normalized spacial score (nSPS) is 7.20. The summed E-state index contributed by atoms with van der Waals surface area (Å²) in [6.45, 7) is 3.12. The molecule has 0 radical (unpaired) electrons. The minimum atomic E-state index is -2.36. The Morgan fingerprint density at radius 3 is 1.03 bits per heavy atom. The molecule has 0 aliphatic heterocycles. The van der Waals surface area contributed by atoms with Crippen LogP contribution >= 0.6 is 153 Å². The molecule has 0 fully saturated rings. The third kappa shape index (κ3) is 297. The SMILES string of the molecule is C=CC#N.ClC(Cl)(Cl)Cl.ClC(Cl)Cl.N#CC#N.O=C=S.O=[N+]([O-])C(Cl)(Cl)Cl.S=C=S. The van der Waals surface area contributed by atoms with Crippen molar-refractivity contribution in [1.29, 1.82) is 15.8 Å². The smallest absolute Gasteiger partial charge is 0.260 e.